The molecule has 2 atom stereocenters. The number of hydrogen-bond acceptors (Lipinski definition) is 5. The van der Waals surface area contributed by atoms with Crippen molar-refractivity contribution in [2.45, 2.75) is 32.1 Å². The largest absolute Gasteiger partial charge is 0.452 e. The van der Waals surface area contributed by atoms with E-state index in [0.29, 0.717) is 12.5 Å². The zero-order chi connectivity index (χ0) is 21.3. The maximum Gasteiger partial charge on any atom is 0.338 e. The van der Waals surface area contributed by atoms with Crippen LogP contribution >= 0.6 is 0 Å². The molecule has 2 aliphatic heterocycles. The standard InChI is InChI=1S/C23H26N2O5/c1-2-10-25-21(27)18-8-7-16(12-19(18)22(25)28)23(29)30-14-20(26)24-11-9-15-5-3-4-6-17(15)13-24/h2,7-8,12,15,17H,1,3-6,9-11,13-14H2/t15-,17-/m0/s1. The molecule has 0 aromatic heterocycles. The molecule has 1 aliphatic carbocycles. The molecule has 2 fully saturated rings. The Labute approximate surface area is 175 Å². The summed E-state index contributed by atoms with van der Waals surface area (Å²) in [6.07, 6.45) is 7.42. The van der Waals surface area contributed by atoms with Gasteiger partial charge in [-0.2, -0.15) is 0 Å². The highest BCUT2D eigenvalue weighted by Gasteiger charge is 2.36. The third-order valence-electron chi connectivity index (χ3n) is 6.49. The number of benzene rings is 1. The first-order chi connectivity index (χ1) is 14.5. The van der Waals surface area contributed by atoms with Gasteiger partial charge in [-0.25, -0.2) is 4.79 Å². The monoisotopic (exact) mass is 410 g/mol. The number of rotatable bonds is 5. The van der Waals surface area contributed by atoms with Crippen molar-refractivity contribution < 1.29 is 23.9 Å². The zero-order valence-electron chi connectivity index (χ0n) is 17.0. The molecule has 3 aliphatic rings. The van der Waals surface area contributed by atoms with Gasteiger partial charge in [0.25, 0.3) is 17.7 Å². The van der Waals surface area contributed by atoms with Crippen LogP contribution in [0.1, 0.15) is 63.2 Å². The summed E-state index contributed by atoms with van der Waals surface area (Å²) >= 11 is 0. The minimum Gasteiger partial charge on any atom is -0.452 e. The average Bonchev–Trinajstić information content (AvgIpc) is 3.01. The van der Waals surface area contributed by atoms with Crippen LogP contribution in [0.4, 0.5) is 0 Å². The van der Waals surface area contributed by atoms with Crippen molar-refractivity contribution >= 4 is 23.7 Å². The van der Waals surface area contributed by atoms with Gasteiger partial charge in [0.1, 0.15) is 0 Å². The predicted molar refractivity (Wildman–Crippen MR) is 109 cm³/mol. The van der Waals surface area contributed by atoms with E-state index in [1.54, 1.807) is 4.90 Å². The van der Waals surface area contributed by atoms with Crippen LogP contribution in [0.5, 0.6) is 0 Å². The van der Waals surface area contributed by atoms with Crippen molar-refractivity contribution in [3.63, 3.8) is 0 Å². The van der Waals surface area contributed by atoms with E-state index in [1.807, 2.05) is 0 Å². The Bertz CT molecular complexity index is 909. The molecule has 30 heavy (non-hydrogen) atoms. The normalized spacial score (nSPS) is 23.1. The number of likely N-dealkylation sites (tertiary alicyclic amines) is 1. The summed E-state index contributed by atoms with van der Waals surface area (Å²) in [5, 5.41) is 0. The fourth-order valence-corrected chi connectivity index (χ4v) is 4.84. The summed E-state index contributed by atoms with van der Waals surface area (Å²) in [7, 11) is 0. The molecular weight excluding hydrogens is 384 g/mol. The minimum atomic E-state index is -0.680. The highest BCUT2D eigenvalue weighted by molar-refractivity contribution is 6.22. The lowest BCUT2D eigenvalue weighted by atomic mass is 9.75. The average molecular weight is 410 g/mol. The van der Waals surface area contributed by atoms with Gasteiger partial charge in [0.05, 0.1) is 16.7 Å². The smallest absolute Gasteiger partial charge is 0.338 e. The van der Waals surface area contributed by atoms with Crippen LogP contribution in [0.15, 0.2) is 30.9 Å². The summed E-state index contributed by atoms with van der Waals surface area (Å²) in [5.74, 6) is -0.450. The van der Waals surface area contributed by atoms with E-state index in [-0.39, 0.29) is 35.7 Å². The molecule has 3 amide bonds. The molecular formula is C23H26N2O5. The highest BCUT2D eigenvalue weighted by Crippen LogP contribution is 2.36. The zero-order valence-corrected chi connectivity index (χ0v) is 17.0. The van der Waals surface area contributed by atoms with Crippen LogP contribution in [-0.4, -0.2) is 59.7 Å². The molecule has 0 spiro atoms. The van der Waals surface area contributed by atoms with Gasteiger partial charge in [-0.15, -0.1) is 6.58 Å². The first-order valence-electron chi connectivity index (χ1n) is 10.6. The lowest BCUT2D eigenvalue weighted by molar-refractivity contribution is -0.137. The molecule has 0 N–H and O–H groups in total. The van der Waals surface area contributed by atoms with Gasteiger partial charge in [-0.05, 0) is 42.9 Å². The molecule has 2 heterocycles. The van der Waals surface area contributed by atoms with Crippen molar-refractivity contribution in [2.24, 2.45) is 11.8 Å². The Morgan fingerprint density at radius 2 is 1.80 bits per heavy atom. The summed E-state index contributed by atoms with van der Waals surface area (Å²) in [5.41, 5.74) is 0.570. The van der Waals surface area contributed by atoms with Crippen LogP contribution in [0, 0.1) is 11.8 Å². The third kappa shape index (κ3) is 3.76. The van der Waals surface area contributed by atoms with Crippen molar-refractivity contribution in [1.29, 1.82) is 0 Å². The van der Waals surface area contributed by atoms with Gasteiger partial charge < -0.3 is 9.64 Å². The van der Waals surface area contributed by atoms with E-state index >= 15 is 0 Å². The number of hydrogen-bond donors (Lipinski definition) is 0. The van der Waals surface area contributed by atoms with Crippen LogP contribution in [-0.2, 0) is 9.53 Å². The van der Waals surface area contributed by atoms with E-state index in [0.717, 1.165) is 23.8 Å². The molecule has 1 aromatic carbocycles. The fraction of sp³-hybridized carbons (Fsp3) is 0.478. The van der Waals surface area contributed by atoms with Crippen LogP contribution in [0.25, 0.3) is 0 Å². The van der Waals surface area contributed by atoms with Gasteiger partial charge in [0.2, 0.25) is 0 Å². The SMILES string of the molecule is C=CCN1C(=O)c2ccc(C(=O)OCC(=O)N3CC[C@@H]4CCCC[C@H]4C3)cc2C1=O. The number of piperidine rings is 1. The molecule has 4 rings (SSSR count). The van der Waals surface area contributed by atoms with Crippen LogP contribution in [0.2, 0.25) is 0 Å². The first kappa shape index (κ1) is 20.3. The Balaban J connectivity index is 1.36. The van der Waals surface area contributed by atoms with Crippen LogP contribution < -0.4 is 0 Å². The number of carbonyl (C=O) groups is 4. The molecule has 0 bridgehead atoms. The molecule has 1 aromatic rings. The van der Waals surface area contributed by atoms with E-state index in [1.165, 1.54) is 50.0 Å². The summed E-state index contributed by atoms with van der Waals surface area (Å²) in [4.78, 5) is 52.5. The Morgan fingerprint density at radius 3 is 2.57 bits per heavy atom. The second-order valence-electron chi connectivity index (χ2n) is 8.28. The van der Waals surface area contributed by atoms with E-state index in [9.17, 15) is 19.2 Å². The Hall–Kier alpha value is -2.96. The molecule has 0 unspecified atom stereocenters. The third-order valence-corrected chi connectivity index (χ3v) is 6.49. The quantitative estimate of drug-likeness (QED) is 0.423. The highest BCUT2D eigenvalue weighted by atomic mass is 16.5. The van der Waals surface area contributed by atoms with Gasteiger partial charge in [0, 0.05) is 19.6 Å². The molecule has 1 saturated heterocycles. The van der Waals surface area contributed by atoms with Crippen LogP contribution in [0.3, 0.4) is 0 Å². The van der Waals surface area contributed by atoms with E-state index in [2.05, 4.69) is 6.58 Å². The van der Waals surface area contributed by atoms with Gasteiger partial charge in [-0.3, -0.25) is 19.3 Å². The summed E-state index contributed by atoms with van der Waals surface area (Å²) in [6.45, 7) is 4.80. The molecule has 7 heteroatoms. The first-order valence-corrected chi connectivity index (χ1v) is 10.6. The number of fused-ring (bicyclic) bond motifs is 2. The van der Waals surface area contributed by atoms with E-state index in [4.69, 9.17) is 4.74 Å². The molecule has 0 radical (unpaired) electrons. The van der Waals surface area contributed by atoms with Gasteiger partial charge in [0.15, 0.2) is 6.61 Å². The lowest BCUT2D eigenvalue weighted by Gasteiger charge is -2.41. The molecule has 7 nitrogen and oxygen atoms in total. The number of ether oxygens (including phenoxy) is 1. The van der Waals surface area contributed by atoms with Gasteiger partial charge >= 0.3 is 5.97 Å². The maximum absolute atomic E-state index is 12.5. The summed E-state index contributed by atoms with van der Waals surface area (Å²) in [6, 6.07) is 4.26. The van der Waals surface area contributed by atoms with Gasteiger partial charge in [-0.1, -0.05) is 25.3 Å². The number of imide groups is 1. The Kier molecular flexibility index (Phi) is 5.70. The molecule has 1 saturated carbocycles. The minimum absolute atomic E-state index is 0.109. The van der Waals surface area contributed by atoms with Crippen molar-refractivity contribution in [3.05, 3.63) is 47.5 Å². The summed E-state index contributed by atoms with van der Waals surface area (Å²) < 4.78 is 5.22. The lowest BCUT2D eigenvalue weighted by Crippen LogP contribution is -2.46. The van der Waals surface area contributed by atoms with E-state index < -0.39 is 17.8 Å². The Morgan fingerprint density at radius 1 is 1.07 bits per heavy atom. The fourth-order valence-electron chi connectivity index (χ4n) is 4.84. The topological polar surface area (TPSA) is 84.0 Å². The second-order valence-corrected chi connectivity index (χ2v) is 8.28. The predicted octanol–water partition coefficient (Wildman–Crippen LogP) is 2.66. The number of esters is 1. The second kappa shape index (κ2) is 8.42. The number of carbonyl (C=O) groups excluding carboxylic acids is 4. The number of amides is 3. The van der Waals surface area contributed by atoms with Crippen molar-refractivity contribution in [3.8, 4) is 0 Å². The van der Waals surface area contributed by atoms with Crippen molar-refractivity contribution in [2.75, 3.05) is 26.2 Å². The van der Waals surface area contributed by atoms with Crippen molar-refractivity contribution in [1.82, 2.24) is 9.80 Å². The maximum atomic E-state index is 12.5. The number of nitrogens with zero attached hydrogens (tertiary/aromatic N) is 2. The molecule has 158 valence electrons.